The Morgan fingerprint density at radius 1 is 0.872 bits per heavy atom. The number of rotatable bonds is 4. The van der Waals surface area contributed by atoms with E-state index in [9.17, 15) is 22.4 Å². The predicted molar refractivity (Wildman–Crippen MR) is 137 cm³/mol. The van der Waals surface area contributed by atoms with Gasteiger partial charge in [0, 0.05) is 35.8 Å². The zero-order chi connectivity index (χ0) is 27.1. The highest BCUT2D eigenvalue weighted by Crippen LogP contribution is 2.38. The van der Waals surface area contributed by atoms with Gasteiger partial charge in [-0.15, -0.1) is 0 Å². The maximum atomic E-state index is 14.8. The fourth-order valence-corrected chi connectivity index (χ4v) is 4.96. The zero-order valence-electron chi connectivity index (χ0n) is 20.5. The molecule has 0 atom stereocenters. The minimum absolute atomic E-state index is 0.0615. The fourth-order valence-electron chi connectivity index (χ4n) is 4.96. The maximum Gasteiger partial charge on any atom is 0.273 e. The Balaban J connectivity index is 1.48. The van der Waals surface area contributed by atoms with Gasteiger partial charge in [0.2, 0.25) is 0 Å². The Hall–Kier alpha value is -4.38. The first-order valence-electron chi connectivity index (χ1n) is 12.3. The number of halogens is 4. The van der Waals surface area contributed by atoms with Crippen LogP contribution in [0, 0.1) is 23.3 Å². The summed E-state index contributed by atoms with van der Waals surface area (Å²) < 4.78 is 67.8. The number of carbonyl (C=O) groups is 1. The summed E-state index contributed by atoms with van der Waals surface area (Å²) in [6.45, 7) is 2.58. The number of benzene rings is 3. The summed E-state index contributed by atoms with van der Waals surface area (Å²) in [7, 11) is 0. The minimum atomic E-state index is -1.91. The zero-order valence-corrected chi connectivity index (χ0v) is 20.5. The lowest BCUT2D eigenvalue weighted by Crippen LogP contribution is -2.47. The number of para-hydroxylation sites is 3. The van der Waals surface area contributed by atoms with Crippen LogP contribution in [-0.4, -0.2) is 50.3 Å². The Morgan fingerprint density at radius 3 is 2.49 bits per heavy atom. The monoisotopic (exact) mass is 538 g/mol. The number of anilines is 2. The normalized spacial score (nSPS) is 15.2. The largest absolute Gasteiger partial charge is 0.489 e. The third-order valence-corrected chi connectivity index (χ3v) is 6.80. The van der Waals surface area contributed by atoms with E-state index < -0.39 is 34.7 Å². The second kappa shape index (κ2) is 10.1. The van der Waals surface area contributed by atoms with Crippen LogP contribution in [-0.2, 0) is 4.74 Å². The third kappa shape index (κ3) is 4.38. The first kappa shape index (κ1) is 24.9. The molecule has 1 N–H and O–H groups in total. The van der Waals surface area contributed by atoms with Gasteiger partial charge in [-0.1, -0.05) is 30.3 Å². The predicted octanol–water partition coefficient (Wildman–Crippen LogP) is 4.84. The molecule has 0 saturated carbocycles. The molecule has 3 aromatic carbocycles. The molecule has 0 radical (unpaired) electrons. The molecule has 0 spiro atoms. The highest BCUT2D eigenvalue weighted by molar-refractivity contribution is 6.10. The average Bonchev–Trinajstić information content (AvgIpc) is 2.97. The number of morpholine rings is 1. The van der Waals surface area contributed by atoms with Crippen molar-refractivity contribution < 1.29 is 31.8 Å². The van der Waals surface area contributed by atoms with E-state index >= 15 is 0 Å². The molecule has 200 valence electrons. The molecule has 0 bridgehead atoms. The van der Waals surface area contributed by atoms with Crippen molar-refractivity contribution in [2.45, 2.75) is 0 Å². The van der Waals surface area contributed by atoms with Crippen LogP contribution < -0.4 is 20.1 Å². The van der Waals surface area contributed by atoms with Crippen molar-refractivity contribution in [1.82, 2.24) is 10.4 Å². The maximum absolute atomic E-state index is 14.8. The molecule has 1 aromatic heterocycles. The Morgan fingerprint density at radius 2 is 1.67 bits per heavy atom. The van der Waals surface area contributed by atoms with Gasteiger partial charge in [-0.3, -0.25) is 20.2 Å². The highest BCUT2D eigenvalue weighted by Gasteiger charge is 2.27. The molecule has 0 aliphatic carbocycles. The number of amides is 1. The van der Waals surface area contributed by atoms with Gasteiger partial charge in [-0.2, -0.15) is 0 Å². The molecule has 7 nitrogen and oxygen atoms in total. The molecular weight excluding hydrogens is 516 g/mol. The second-order valence-electron chi connectivity index (χ2n) is 9.08. The Bertz CT molecular complexity index is 1590. The number of fused-ring (bicyclic) bond motifs is 2. The van der Waals surface area contributed by atoms with Gasteiger partial charge in [-0.05, 0) is 18.2 Å². The summed E-state index contributed by atoms with van der Waals surface area (Å²) in [5.41, 5.74) is 4.20. The van der Waals surface area contributed by atoms with Crippen molar-refractivity contribution >= 4 is 28.2 Å². The summed E-state index contributed by atoms with van der Waals surface area (Å²) >= 11 is 0. The number of hydrazine groups is 1. The molecule has 11 heteroatoms. The summed E-state index contributed by atoms with van der Waals surface area (Å²) in [5.74, 6) is -6.63. The fraction of sp³-hybridized carbons (Fsp3) is 0.214. The van der Waals surface area contributed by atoms with Gasteiger partial charge in [-0.25, -0.2) is 17.6 Å². The van der Waals surface area contributed by atoms with Crippen molar-refractivity contribution in [3.05, 3.63) is 83.6 Å². The minimum Gasteiger partial charge on any atom is -0.489 e. The summed E-state index contributed by atoms with van der Waals surface area (Å²) in [4.78, 5) is 20.1. The third-order valence-electron chi connectivity index (χ3n) is 6.80. The summed E-state index contributed by atoms with van der Waals surface area (Å²) in [6.07, 6.45) is 1.35. The van der Waals surface area contributed by atoms with Crippen LogP contribution in [0.5, 0.6) is 5.75 Å². The lowest BCUT2D eigenvalue weighted by atomic mass is 9.98. The van der Waals surface area contributed by atoms with Crippen molar-refractivity contribution in [3.63, 3.8) is 0 Å². The first-order valence-corrected chi connectivity index (χ1v) is 12.3. The van der Waals surface area contributed by atoms with Crippen LogP contribution in [0.15, 0.2) is 54.7 Å². The van der Waals surface area contributed by atoms with Gasteiger partial charge in [0.05, 0.1) is 42.2 Å². The number of carbonyl (C=O) groups excluding carboxylic acids is 1. The van der Waals surface area contributed by atoms with Gasteiger partial charge in [0.15, 0.2) is 23.3 Å². The first-order chi connectivity index (χ1) is 18.9. The van der Waals surface area contributed by atoms with Crippen molar-refractivity contribution in [3.8, 4) is 16.9 Å². The quantitative estimate of drug-likeness (QED) is 0.228. The number of nitrogens with one attached hydrogen (secondary N) is 1. The lowest BCUT2D eigenvalue weighted by molar-refractivity contribution is 0.0943. The number of hydrogen-bond acceptors (Lipinski definition) is 6. The standard InChI is InChI=1S/C28H22F4N4O3/c29-20-14-18(23(30)25(32)24(20)31)16-4-3-5-17-26(16)33-15-19(27(17)35-8-11-38-12-9-35)28(37)34-36-10-13-39-22-7-2-1-6-21(22)36/h1-7,14-15H,8-13H2,(H,34,37). The van der Waals surface area contributed by atoms with Crippen molar-refractivity contribution in [2.75, 3.05) is 49.4 Å². The van der Waals surface area contributed by atoms with Crippen LogP contribution in [0.3, 0.4) is 0 Å². The van der Waals surface area contributed by atoms with Crippen LogP contribution in [0.1, 0.15) is 10.4 Å². The molecule has 1 saturated heterocycles. The van der Waals surface area contributed by atoms with Crippen molar-refractivity contribution in [1.29, 1.82) is 0 Å². The van der Waals surface area contributed by atoms with Gasteiger partial charge < -0.3 is 14.4 Å². The molecule has 2 aliphatic heterocycles. The van der Waals surface area contributed by atoms with E-state index in [1.165, 1.54) is 12.3 Å². The molecular formula is C28H22F4N4O3. The highest BCUT2D eigenvalue weighted by atomic mass is 19.2. The van der Waals surface area contributed by atoms with E-state index in [0.29, 0.717) is 68.0 Å². The topological polar surface area (TPSA) is 66.9 Å². The average molecular weight is 539 g/mol. The van der Waals surface area contributed by atoms with E-state index in [1.807, 2.05) is 29.2 Å². The molecule has 4 aromatic rings. The van der Waals surface area contributed by atoms with Crippen LogP contribution in [0.4, 0.5) is 28.9 Å². The van der Waals surface area contributed by atoms with Crippen LogP contribution >= 0.6 is 0 Å². The molecule has 1 amide bonds. The van der Waals surface area contributed by atoms with Gasteiger partial charge >= 0.3 is 0 Å². The van der Waals surface area contributed by atoms with E-state index in [4.69, 9.17) is 9.47 Å². The number of hydrogen-bond donors (Lipinski definition) is 1. The summed E-state index contributed by atoms with van der Waals surface area (Å²) in [5, 5.41) is 2.17. The number of pyridine rings is 1. The van der Waals surface area contributed by atoms with E-state index in [-0.39, 0.29) is 16.6 Å². The van der Waals surface area contributed by atoms with Crippen molar-refractivity contribution in [2.24, 2.45) is 0 Å². The molecule has 2 aliphatic rings. The molecule has 6 rings (SSSR count). The lowest BCUT2D eigenvalue weighted by Gasteiger charge is -2.33. The second-order valence-corrected chi connectivity index (χ2v) is 9.08. The molecule has 39 heavy (non-hydrogen) atoms. The van der Waals surface area contributed by atoms with Gasteiger partial charge in [0.25, 0.3) is 5.91 Å². The van der Waals surface area contributed by atoms with Crippen LogP contribution in [0.2, 0.25) is 0 Å². The number of aromatic nitrogens is 1. The Kier molecular flexibility index (Phi) is 6.43. The Labute approximate surface area is 220 Å². The van der Waals surface area contributed by atoms with E-state index in [0.717, 1.165) is 0 Å². The van der Waals surface area contributed by atoms with Crippen LogP contribution in [0.25, 0.3) is 22.0 Å². The van der Waals surface area contributed by atoms with Gasteiger partial charge in [0.1, 0.15) is 12.4 Å². The summed E-state index contributed by atoms with van der Waals surface area (Å²) in [6, 6.07) is 12.6. The molecule has 3 heterocycles. The van der Waals surface area contributed by atoms with E-state index in [1.54, 1.807) is 17.1 Å². The molecule has 0 unspecified atom stereocenters. The smallest absolute Gasteiger partial charge is 0.273 e. The SMILES string of the molecule is O=C(NN1CCOc2ccccc21)c1cnc2c(-c3cc(F)c(F)c(F)c3F)cccc2c1N1CCOCC1. The number of nitrogens with zero attached hydrogens (tertiary/aromatic N) is 3. The number of ether oxygens (including phenoxy) is 2. The van der Waals surface area contributed by atoms with E-state index in [2.05, 4.69) is 10.4 Å². The molecule has 1 fully saturated rings.